The summed E-state index contributed by atoms with van der Waals surface area (Å²) in [6, 6.07) is 19.9. The Morgan fingerprint density at radius 1 is 0.909 bits per heavy atom. The summed E-state index contributed by atoms with van der Waals surface area (Å²) in [6.45, 7) is 0. The summed E-state index contributed by atoms with van der Waals surface area (Å²) in [5, 5.41) is 2.75. The van der Waals surface area contributed by atoms with Gasteiger partial charge in [0.25, 0.3) is 5.91 Å². The van der Waals surface area contributed by atoms with Gasteiger partial charge >= 0.3 is 0 Å². The molecule has 3 aromatic rings. The summed E-state index contributed by atoms with van der Waals surface area (Å²) in [4.78, 5) is 11.9. The summed E-state index contributed by atoms with van der Waals surface area (Å²) >= 11 is 3.16. The number of nitrogens with one attached hydrogen (secondary N) is 1. The van der Waals surface area contributed by atoms with Crippen LogP contribution in [0.1, 0.15) is 10.6 Å². The molecule has 3 rings (SSSR count). The molecule has 1 N–H and O–H groups in total. The molecule has 0 aliphatic heterocycles. The van der Waals surface area contributed by atoms with Crippen LogP contribution in [0.4, 0.5) is 5.69 Å². The predicted octanol–water partition coefficient (Wildman–Crippen LogP) is 5.09. The van der Waals surface area contributed by atoms with Crippen molar-refractivity contribution >= 4 is 27.5 Å². The van der Waals surface area contributed by atoms with E-state index < -0.39 is 0 Å². The third-order valence-corrected chi connectivity index (χ3v) is 3.31. The lowest BCUT2D eigenvalue weighted by Gasteiger charge is -2.07. The molecular formula is C17H12BrNO3. The number of hydrogen-bond donors (Lipinski definition) is 1. The molecule has 0 saturated heterocycles. The second-order valence-electron chi connectivity index (χ2n) is 4.50. The number of carbonyl (C=O) groups is 1. The molecule has 0 atom stereocenters. The second kappa shape index (κ2) is 6.49. The van der Waals surface area contributed by atoms with Gasteiger partial charge in [-0.2, -0.15) is 0 Å². The summed E-state index contributed by atoms with van der Waals surface area (Å²) < 4.78 is 11.4. The Morgan fingerprint density at radius 3 is 2.23 bits per heavy atom. The normalized spacial score (nSPS) is 10.2. The summed E-state index contributed by atoms with van der Waals surface area (Å²) in [5.74, 6) is 1.41. The third-order valence-electron chi connectivity index (χ3n) is 2.89. The van der Waals surface area contributed by atoms with E-state index in [1.807, 2.05) is 30.3 Å². The highest BCUT2D eigenvalue weighted by molar-refractivity contribution is 9.10. The van der Waals surface area contributed by atoms with Crippen LogP contribution >= 0.6 is 15.9 Å². The molecule has 0 fully saturated rings. The SMILES string of the molecule is O=C(Nc1ccc(Oc2ccccc2)cc1)c1ccc(Br)o1. The Hall–Kier alpha value is -2.53. The van der Waals surface area contributed by atoms with E-state index in [9.17, 15) is 4.79 Å². The van der Waals surface area contributed by atoms with E-state index in [0.717, 1.165) is 5.75 Å². The first kappa shape index (κ1) is 14.4. The van der Waals surface area contributed by atoms with E-state index >= 15 is 0 Å². The standard InChI is InChI=1S/C17H12BrNO3/c18-16-11-10-15(22-16)17(20)19-12-6-8-14(9-7-12)21-13-4-2-1-3-5-13/h1-11H,(H,19,20). The molecule has 2 aromatic carbocycles. The lowest BCUT2D eigenvalue weighted by atomic mass is 10.3. The molecular weight excluding hydrogens is 346 g/mol. The topological polar surface area (TPSA) is 51.5 Å². The van der Waals surface area contributed by atoms with E-state index in [4.69, 9.17) is 9.15 Å². The minimum absolute atomic E-state index is 0.247. The van der Waals surface area contributed by atoms with Gasteiger partial charge in [-0.15, -0.1) is 0 Å². The number of carbonyl (C=O) groups excluding carboxylic acids is 1. The van der Waals surface area contributed by atoms with Crippen molar-refractivity contribution in [3.63, 3.8) is 0 Å². The number of hydrogen-bond acceptors (Lipinski definition) is 3. The second-order valence-corrected chi connectivity index (χ2v) is 5.28. The minimum Gasteiger partial charge on any atom is -0.457 e. The fourth-order valence-corrected chi connectivity index (χ4v) is 2.17. The summed E-state index contributed by atoms with van der Waals surface area (Å²) in [7, 11) is 0. The van der Waals surface area contributed by atoms with Crippen LogP contribution in [0.5, 0.6) is 11.5 Å². The zero-order valence-electron chi connectivity index (χ0n) is 11.5. The van der Waals surface area contributed by atoms with Crippen molar-refractivity contribution in [3.8, 4) is 11.5 Å². The van der Waals surface area contributed by atoms with Crippen molar-refractivity contribution < 1.29 is 13.9 Å². The van der Waals surface area contributed by atoms with Gasteiger partial charge < -0.3 is 14.5 Å². The highest BCUT2D eigenvalue weighted by Crippen LogP contribution is 2.23. The molecule has 0 bridgehead atoms. The smallest absolute Gasteiger partial charge is 0.291 e. The minimum atomic E-state index is -0.303. The maximum Gasteiger partial charge on any atom is 0.291 e. The van der Waals surface area contributed by atoms with Gasteiger partial charge in [-0.3, -0.25) is 4.79 Å². The number of benzene rings is 2. The fraction of sp³-hybridized carbons (Fsp3) is 0. The van der Waals surface area contributed by atoms with Crippen molar-refractivity contribution in [1.82, 2.24) is 0 Å². The molecule has 110 valence electrons. The molecule has 0 unspecified atom stereocenters. The Bertz CT molecular complexity index is 766. The van der Waals surface area contributed by atoms with Crippen molar-refractivity contribution in [2.24, 2.45) is 0 Å². The first-order chi connectivity index (χ1) is 10.7. The van der Waals surface area contributed by atoms with Gasteiger partial charge in [-0.25, -0.2) is 0 Å². The van der Waals surface area contributed by atoms with Crippen LogP contribution in [0.25, 0.3) is 0 Å². The number of anilines is 1. The lowest BCUT2D eigenvalue weighted by molar-refractivity contribution is 0.0995. The average molecular weight is 358 g/mol. The monoisotopic (exact) mass is 357 g/mol. The van der Waals surface area contributed by atoms with Crippen LogP contribution in [0.15, 0.2) is 75.8 Å². The van der Waals surface area contributed by atoms with Crippen LogP contribution in [0, 0.1) is 0 Å². The van der Waals surface area contributed by atoms with Crippen molar-refractivity contribution in [1.29, 1.82) is 0 Å². The molecule has 1 amide bonds. The highest BCUT2D eigenvalue weighted by Gasteiger charge is 2.10. The quantitative estimate of drug-likeness (QED) is 0.707. The molecule has 0 radical (unpaired) electrons. The molecule has 1 heterocycles. The summed E-state index contributed by atoms with van der Waals surface area (Å²) in [5.41, 5.74) is 0.665. The number of ether oxygens (including phenoxy) is 1. The number of halogens is 1. The average Bonchev–Trinajstić information content (AvgIpc) is 2.97. The molecule has 22 heavy (non-hydrogen) atoms. The van der Waals surface area contributed by atoms with Gasteiger partial charge in [0.1, 0.15) is 11.5 Å². The Labute approximate surface area is 135 Å². The van der Waals surface area contributed by atoms with Crippen LogP contribution in [-0.4, -0.2) is 5.91 Å². The van der Waals surface area contributed by atoms with Crippen molar-refractivity contribution in [2.75, 3.05) is 5.32 Å². The zero-order chi connectivity index (χ0) is 15.4. The molecule has 5 heteroatoms. The lowest BCUT2D eigenvalue weighted by Crippen LogP contribution is -2.10. The number of rotatable bonds is 4. The number of para-hydroxylation sites is 1. The van der Waals surface area contributed by atoms with Gasteiger partial charge in [-0.1, -0.05) is 18.2 Å². The Kier molecular flexibility index (Phi) is 4.25. The largest absolute Gasteiger partial charge is 0.457 e. The van der Waals surface area contributed by atoms with Crippen LogP contribution in [-0.2, 0) is 0 Å². The van der Waals surface area contributed by atoms with E-state index in [0.29, 0.717) is 16.1 Å². The molecule has 0 spiro atoms. The van der Waals surface area contributed by atoms with Crippen LogP contribution in [0.3, 0.4) is 0 Å². The Balaban J connectivity index is 1.65. The first-order valence-electron chi connectivity index (χ1n) is 6.60. The molecule has 0 saturated carbocycles. The third kappa shape index (κ3) is 3.56. The zero-order valence-corrected chi connectivity index (χ0v) is 13.0. The van der Waals surface area contributed by atoms with Crippen LogP contribution < -0.4 is 10.1 Å². The molecule has 0 aliphatic rings. The predicted molar refractivity (Wildman–Crippen MR) is 87.3 cm³/mol. The van der Waals surface area contributed by atoms with Gasteiger partial charge in [0.05, 0.1) is 0 Å². The molecule has 0 aliphatic carbocycles. The Morgan fingerprint density at radius 2 is 1.59 bits per heavy atom. The van der Waals surface area contributed by atoms with Crippen LogP contribution in [0.2, 0.25) is 0 Å². The van der Waals surface area contributed by atoms with E-state index in [1.54, 1.807) is 36.4 Å². The fourth-order valence-electron chi connectivity index (χ4n) is 1.86. The van der Waals surface area contributed by atoms with Gasteiger partial charge in [-0.05, 0) is 64.5 Å². The van der Waals surface area contributed by atoms with Crippen molar-refractivity contribution in [3.05, 3.63) is 77.2 Å². The van der Waals surface area contributed by atoms with E-state index in [1.165, 1.54) is 0 Å². The van der Waals surface area contributed by atoms with Gasteiger partial charge in [0.15, 0.2) is 10.4 Å². The molecule has 4 nitrogen and oxygen atoms in total. The van der Waals surface area contributed by atoms with Crippen molar-refractivity contribution in [2.45, 2.75) is 0 Å². The van der Waals surface area contributed by atoms with Gasteiger partial charge in [0, 0.05) is 5.69 Å². The maximum atomic E-state index is 11.9. The summed E-state index contributed by atoms with van der Waals surface area (Å²) in [6.07, 6.45) is 0. The van der Waals surface area contributed by atoms with E-state index in [2.05, 4.69) is 21.2 Å². The van der Waals surface area contributed by atoms with Gasteiger partial charge in [0.2, 0.25) is 0 Å². The highest BCUT2D eigenvalue weighted by atomic mass is 79.9. The number of furan rings is 1. The molecule has 1 aromatic heterocycles. The first-order valence-corrected chi connectivity index (χ1v) is 7.40. The number of amides is 1. The maximum absolute atomic E-state index is 11.9. The van der Waals surface area contributed by atoms with E-state index in [-0.39, 0.29) is 11.7 Å².